The average molecular weight is 207 g/mol. The molecule has 0 radical (unpaired) electrons. The summed E-state index contributed by atoms with van der Waals surface area (Å²) in [6, 6.07) is 2.09. The van der Waals surface area contributed by atoms with Crippen molar-refractivity contribution < 1.29 is 0 Å². The highest BCUT2D eigenvalue weighted by molar-refractivity contribution is 5.64. The molecule has 2 N–H and O–H groups in total. The maximum absolute atomic E-state index is 8.98. The van der Waals surface area contributed by atoms with Crippen molar-refractivity contribution in [3.05, 3.63) is 5.56 Å². The molecule has 82 valence electrons. The number of nitrogens with zero attached hydrogens (tertiary/aromatic N) is 4. The van der Waals surface area contributed by atoms with E-state index in [9.17, 15) is 0 Å². The summed E-state index contributed by atoms with van der Waals surface area (Å²) in [5.74, 6) is 1.11. The molecule has 5 nitrogen and oxygen atoms in total. The molecule has 0 aromatic carbocycles. The van der Waals surface area contributed by atoms with Crippen LogP contribution in [0.25, 0.3) is 0 Å². The van der Waals surface area contributed by atoms with Crippen LogP contribution in [0.5, 0.6) is 0 Å². The quantitative estimate of drug-likeness (QED) is 0.805. The molecular formula is C10H17N5. The zero-order chi connectivity index (χ0) is 11.4. The van der Waals surface area contributed by atoms with E-state index >= 15 is 0 Å². The van der Waals surface area contributed by atoms with Gasteiger partial charge in [0.25, 0.3) is 0 Å². The molecule has 1 rings (SSSR count). The van der Waals surface area contributed by atoms with Crippen LogP contribution in [0.3, 0.4) is 0 Å². The van der Waals surface area contributed by atoms with E-state index in [1.165, 1.54) is 0 Å². The lowest BCUT2D eigenvalue weighted by atomic mass is 10.3. The zero-order valence-corrected chi connectivity index (χ0v) is 9.49. The highest BCUT2D eigenvalue weighted by atomic mass is 15.4. The van der Waals surface area contributed by atoms with Crippen molar-refractivity contribution >= 4 is 11.6 Å². The van der Waals surface area contributed by atoms with Crippen molar-refractivity contribution in [2.75, 3.05) is 24.7 Å². The minimum Gasteiger partial charge on any atom is -0.383 e. The Kier molecular flexibility index (Phi) is 3.56. The van der Waals surface area contributed by atoms with Crippen molar-refractivity contribution in [2.45, 2.75) is 26.3 Å². The summed E-state index contributed by atoms with van der Waals surface area (Å²) in [4.78, 5) is 1.80. The van der Waals surface area contributed by atoms with Gasteiger partial charge in [-0.1, -0.05) is 13.3 Å². The van der Waals surface area contributed by atoms with Gasteiger partial charge in [-0.3, -0.25) is 0 Å². The lowest BCUT2D eigenvalue weighted by Gasteiger charge is -2.07. The van der Waals surface area contributed by atoms with E-state index in [1.54, 1.807) is 9.58 Å². The van der Waals surface area contributed by atoms with Crippen LogP contribution in [0.4, 0.5) is 11.6 Å². The summed E-state index contributed by atoms with van der Waals surface area (Å²) in [5, 5.41) is 13.3. The van der Waals surface area contributed by atoms with Crippen LogP contribution in [0.15, 0.2) is 0 Å². The molecule has 1 aromatic rings. The maximum atomic E-state index is 8.98. The summed E-state index contributed by atoms with van der Waals surface area (Å²) < 4.78 is 1.71. The van der Waals surface area contributed by atoms with E-state index in [0.29, 0.717) is 17.2 Å². The van der Waals surface area contributed by atoms with Gasteiger partial charge in [0.15, 0.2) is 5.82 Å². The van der Waals surface area contributed by atoms with Gasteiger partial charge in [0, 0.05) is 20.6 Å². The molecular weight excluding hydrogens is 190 g/mol. The number of rotatable bonds is 4. The van der Waals surface area contributed by atoms with Gasteiger partial charge in [-0.2, -0.15) is 10.4 Å². The standard InChI is InChI=1S/C10H17N5/c1-4-5-6-15-9(12)8(7-11)10(13-15)14(2)3/h4-6,12H2,1-3H3. The van der Waals surface area contributed by atoms with Crippen LogP contribution >= 0.6 is 0 Å². The zero-order valence-electron chi connectivity index (χ0n) is 9.49. The Labute approximate surface area is 90.1 Å². The molecule has 0 bridgehead atoms. The predicted octanol–water partition coefficient (Wildman–Crippen LogP) is 1.20. The van der Waals surface area contributed by atoms with Crippen LogP contribution in [0.2, 0.25) is 0 Å². The second-order valence-corrected chi connectivity index (χ2v) is 3.67. The minimum absolute atomic E-state index is 0.467. The first-order valence-electron chi connectivity index (χ1n) is 5.05. The third-order valence-corrected chi connectivity index (χ3v) is 2.23. The van der Waals surface area contributed by atoms with Crippen molar-refractivity contribution in [3.63, 3.8) is 0 Å². The number of aryl methyl sites for hydroxylation is 1. The van der Waals surface area contributed by atoms with Crippen LogP contribution in [-0.2, 0) is 6.54 Å². The topological polar surface area (TPSA) is 70.9 Å². The number of hydrogen-bond donors (Lipinski definition) is 1. The van der Waals surface area contributed by atoms with E-state index in [-0.39, 0.29) is 0 Å². The van der Waals surface area contributed by atoms with Crippen molar-refractivity contribution in [2.24, 2.45) is 0 Å². The average Bonchev–Trinajstić information content (AvgIpc) is 2.52. The number of hydrogen-bond acceptors (Lipinski definition) is 4. The summed E-state index contributed by atoms with van der Waals surface area (Å²) in [5.41, 5.74) is 6.31. The second kappa shape index (κ2) is 4.69. The van der Waals surface area contributed by atoms with E-state index in [0.717, 1.165) is 19.4 Å². The molecule has 0 aliphatic carbocycles. The molecule has 0 saturated heterocycles. The molecule has 0 aliphatic rings. The summed E-state index contributed by atoms with van der Waals surface area (Å²) in [6.07, 6.45) is 2.10. The molecule has 0 aliphatic heterocycles. The van der Waals surface area contributed by atoms with Gasteiger partial charge >= 0.3 is 0 Å². The van der Waals surface area contributed by atoms with Gasteiger partial charge in [0.2, 0.25) is 0 Å². The first kappa shape index (κ1) is 11.4. The third kappa shape index (κ3) is 2.21. The first-order valence-corrected chi connectivity index (χ1v) is 5.05. The monoisotopic (exact) mass is 207 g/mol. The second-order valence-electron chi connectivity index (χ2n) is 3.67. The van der Waals surface area contributed by atoms with Gasteiger partial charge in [0.1, 0.15) is 17.5 Å². The Hall–Kier alpha value is -1.70. The van der Waals surface area contributed by atoms with E-state index in [4.69, 9.17) is 11.0 Å². The summed E-state index contributed by atoms with van der Waals surface area (Å²) in [6.45, 7) is 2.88. The smallest absolute Gasteiger partial charge is 0.170 e. The van der Waals surface area contributed by atoms with Crippen LogP contribution in [0.1, 0.15) is 25.3 Å². The highest BCUT2D eigenvalue weighted by Crippen LogP contribution is 2.22. The Balaban J connectivity index is 3.05. The van der Waals surface area contributed by atoms with Gasteiger partial charge < -0.3 is 10.6 Å². The third-order valence-electron chi connectivity index (χ3n) is 2.23. The van der Waals surface area contributed by atoms with Gasteiger partial charge in [-0.05, 0) is 6.42 Å². The largest absolute Gasteiger partial charge is 0.383 e. The molecule has 1 aromatic heterocycles. The Bertz CT molecular complexity index is 372. The predicted molar refractivity (Wildman–Crippen MR) is 60.6 cm³/mol. The lowest BCUT2D eigenvalue weighted by Crippen LogP contribution is -2.11. The number of nitriles is 1. The molecule has 0 unspecified atom stereocenters. The fourth-order valence-corrected chi connectivity index (χ4v) is 1.36. The molecule has 0 fully saturated rings. The molecule has 0 spiro atoms. The van der Waals surface area contributed by atoms with E-state index in [2.05, 4.69) is 18.1 Å². The van der Waals surface area contributed by atoms with Gasteiger partial charge in [0.05, 0.1) is 0 Å². The molecule has 0 saturated carbocycles. The number of nitrogen functional groups attached to an aromatic ring is 1. The number of anilines is 2. The Morgan fingerprint density at radius 2 is 2.20 bits per heavy atom. The van der Waals surface area contributed by atoms with Crippen LogP contribution < -0.4 is 10.6 Å². The fraction of sp³-hybridized carbons (Fsp3) is 0.600. The molecule has 15 heavy (non-hydrogen) atoms. The Morgan fingerprint density at radius 3 is 2.60 bits per heavy atom. The van der Waals surface area contributed by atoms with Crippen LogP contribution in [0, 0.1) is 11.3 Å². The maximum Gasteiger partial charge on any atom is 0.170 e. The van der Waals surface area contributed by atoms with Gasteiger partial charge in [-0.25, -0.2) is 4.68 Å². The van der Waals surface area contributed by atoms with Gasteiger partial charge in [-0.15, -0.1) is 0 Å². The number of nitrogens with two attached hydrogens (primary N) is 1. The Morgan fingerprint density at radius 1 is 1.53 bits per heavy atom. The highest BCUT2D eigenvalue weighted by Gasteiger charge is 2.16. The lowest BCUT2D eigenvalue weighted by molar-refractivity contribution is 0.578. The normalized spacial score (nSPS) is 10.0. The van der Waals surface area contributed by atoms with Crippen LogP contribution in [-0.4, -0.2) is 23.9 Å². The van der Waals surface area contributed by atoms with Crippen molar-refractivity contribution in [1.29, 1.82) is 5.26 Å². The first-order chi connectivity index (χ1) is 7.11. The number of aromatic nitrogens is 2. The van der Waals surface area contributed by atoms with Crippen molar-refractivity contribution in [3.8, 4) is 6.07 Å². The van der Waals surface area contributed by atoms with E-state index in [1.807, 2.05) is 14.1 Å². The molecule has 5 heteroatoms. The molecule has 0 amide bonds. The van der Waals surface area contributed by atoms with Crippen molar-refractivity contribution in [1.82, 2.24) is 9.78 Å². The number of unbranched alkanes of at least 4 members (excludes halogenated alkanes) is 1. The summed E-state index contributed by atoms with van der Waals surface area (Å²) >= 11 is 0. The van der Waals surface area contributed by atoms with E-state index < -0.39 is 0 Å². The molecule has 0 atom stereocenters. The summed E-state index contributed by atoms with van der Waals surface area (Å²) in [7, 11) is 3.71. The fourth-order valence-electron chi connectivity index (χ4n) is 1.36. The SMILES string of the molecule is CCCCn1nc(N(C)C)c(C#N)c1N. The minimum atomic E-state index is 0.467. The molecule has 1 heterocycles.